The first kappa shape index (κ1) is 17.7. The molecular formula is C19H24ClN5. The summed E-state index contributed by atoms with van der Waals surface area (Å²) >= 11 is 6.01. The van der Waals surface area contributed by atoms with Crippen molar-refractivity contribution in [1.82, 2.24) is 24.5 Å². The van der Waals surface area contributed by atoms with Gasteiger partial charge in [0.2, 0.25) is 0 Å². The molecule has 132 valence electrons. The van der Waals surface area contributed by atoms with Crippen LogP contribution in [0.4, 0.5) is 0 Å². The van der Waals surface area contributed by atoms with E-state index in [1.807, 2.05) is 35.3 Å². The summed E-state index contributed by atoms with van der Waals surface area (Å²) < 4.78 is 4.08. The van der Waals surface area contributed by atoms with Crippen molar-refractivity contribution < 1.29 is 0 Å². The first-order valence-electron chi connectivity index (χ1n) is 8.39. The van der Waals surface area contributed by atoms with Crippen molar-refractivity contribution in [3.05, 3.63) is 69.8 Å². The van der Waals surface area contributed by atoms with Crippen LogP contribution in [0.5, 0.6) is 0 Å². The lowest BCUT2D eigenvalue weighted by Crippen LogP contribution is -2.30. The quantitative estimate of drug-likeness (QED) is 0.667. The largest absolute Gasteiger partial charge is 0.260 e. The molecule has 3 rings (SSSR count). The molecule has 2 aromatic heterocycles. The minimum atomic E-state index is 0.709. The number of benzene rings is 1. The van der Waals surface area contributed by atoms with Crippen LogP contribution in [0.25, 0.3) is 0 Å². The minimum Gasteiger partial charge on any atom is -0.260 e. The standard InChI is InChI=1S/C19H24ClN5/c1-14-9-16(3)24(21-14)12-23(11-18-5-7-19(20)8-6-18)13-25-17(4)10-15(2)22-25/h5-10H,11-13H2,1-4H3. The Morgan fingerprint density at radius 1 is 0.840 bits per heavy atom. The third-order valence-electron chi connectivity index (χ3n) is 4.19. The van der Waals surface area contributed by atoms with Crippen LogP contribution >= 0.6 is 11.6 Å². The lowest BCUT2D eigenvalue weighted by atomic mass is 10.2. The van der Waals surface area contributed by atoms with Gasteiger partial charge in [-0.15, -0.1) is 0 Å². The van der Waals surface area contributed by atoms with E-state index in [1.165, 1.54) is 5.56 Å². The lowest BCUT2D eigenvalue weighted by molar-refractivity contribution is 0.141. The molecule has 0 aliphatic rings. The maximum Gasteiger partial charge on any atom is 0.0949 e. The van der Waals surface area contributed by atoms with Gasteiger partial charge in [-0.05, 0) is 57.5 Å². The van der Waals surface area contributed by atoms with Crippen LogP contribution in [0, 0.1) is 27.7 Å². The van der Waals surface area contributed by atoms with Crippen LogP contribution in [-0.4, -0.2) is 24.5 Å². The van der Waals surface area contributed by atoms with E-state index in [0.29, 0.717) is 13.3 Å². The predicted molar refractivity (Wildman–Crippen MR) is 100 cm³/mol. The van der Waals surface area contributed by atoms with Crippen molar-refractivity contribution in [3.8, 4) is 0 Å². The molecule has 0 unspecified atom stereocenters. The molecule has 0 atom stereocenters. The molecule has 0 spiro atoms. The molecule has 1 aromatic carbocycles. The molecular weight excluding hydrogens is 334 g/mol. The molecule has 0 aliphatic heterocycles. The third kappa shape index (κ3) is 4.50. The Kier molecular flexibility index (Phi) is 5.25. The molecule has 0 saturated carbocycles. The topological polar surface area (TPSA) is 38.9 Å². The van der Waals surface area contributed by atoms with E-state index in [4.69, 9.17) is 11.6 Å². The molecule has 0 fully saturated rings. The van der Waals surface area contributed by atoms with Crippen LogP contribution in [-0.2, 0) is 19.9 Å². The van der Waals surface area contributed by atoms with Gasteiger partial charge in [0.15, 0.2) is 0 Å². The monoisotopic (exact) mass is 357 g/mol. The molecule has 0 radical (unpaired) electrons. The molecule has 5 nitrogen and oxygen atoms in total. The molecule has 0 amide bonds. The van der Waals surface area contributed by atoms with Gasteiger partial charge in [-0.1, -0.05) is 23.7 Å². The van der Waals surface area contributed by atoms with Crippen LogP contribution in [0.15, 0.2) is 36.4 Å². The highest BCUT2D eigenvalue weighted by Gasteiger charge is 2.12. The van der Waals surface area contributed by atoms with Gasteiger partial charge in [0.05, 0.1) is 24.7 Å². The Morgan fingerprint density at radius 3 is 1.72 bits per heavy atom. The summed E-state index contributed by atoms with van der Waals surface area (Å²) in [5.41, 5.74) is 5.61. The summed E-state index contributed by atoms with van der Waals surface area (Å²) in [5.74, 6) is 0. The highest BCUT2D eigenvalue weighted by Crippen LogP contribution is 2.14. The first-order valence-corrected chi connectivity index (χ1v) is 8.77. The molecule has 0 N–H and O–H groups in total. The van der Waals surface area contributed by atoms with Gasteiger partial charge in [0.25, 0.3) is 0 Å². The fourth-order valence-corrected chi connectivity index (χ4v) is 3.13. The van der Waals surface area contributed by atoms with Gasteiger partial charge in [0, 0.05) is 23.0 Å². The van der Waals surface area contributed by atoms with Crippen LogP contribution < -0.4 is 0 Å². The average Bonchev–Trinajstić information content (AvgIpc) is 3.02. The zero-order chi connectivity index (χ0) is 18.0. The number of hydrogen-bond donors (Lipinski definition) is 0. The van der Waals surface area contributed by atoms with E-state index < -0.39 is 0 Å². The lowest BCUT2D eigenvalue weighted by Gasteiger charge is -2.24. The van der Waals surface area contributed by atoms with E-state index in [2.05, 4.69) is 53.2 Å². The van der Waals surface area contributed by atoms with Crippen LogP contribution in [0.2, 0.25) is 5.02 Å². The molecule has 25 heavy (non-hydrogen) atoms. The fourth-order valence-electron chi connectivity index (χ4n) is 3.01. The second kappa shape index (κ2) is 7.42. The Hall–Kier alpha value is -2.11. The van der Waals surface area contributed by atoms with Crippen molar-refractivity contribution in [3.63, 3.8) is 0 Å². The van der Waals surface area contributed by atoms with E-state index in [0.717, 1.165) is 34.3 Å². The van der Waals surface area contributed by atoms with Gasteiger partial charge in [-0.2, -0.15) is 10.2 Å². The van der Waals surface area contributed by atoms with E-state index in [-0.39, 0.29) is 0 Å². The summed E-state index contributed by atoms with van der Waals surface area (Å²) in [6.45, 7) is 10.4. The maximum absolute atomic E-state index is 6.01. The first-order chi connectivity index (χ1) is 11.9. The van der Waals surface area contributed by atoms with Gasteiger partial charge < -0.3 is 0 Å². The highest BCUT2D eigenvalue weighted by molar-refractivity contribution is 6.30. The SMILES string of the molecule is Cc1cc(C)n(CN(Cc2ccc(Cl)cc2)Cn2nc(C)cc2C)n1. The third-order valence-corrected chi connectivity index (χ3v) is 4.45. The van der Waals surface area contributed by atoms with Gasteiger partial charge in [-0.25, -0.2) is 0 Å². The predicted octanol–water partition coefficient (Wildman–Crippen LogP) is 4.08. The van der Waals surface area contributed by atoms with E-state index >= 15 is 0 Å². The maximum atomic E-state index is 6.01. The van der Waals surface area contributed by atoms with Gasteiger partial charge in [-0.3, -0.25) is 14.3 Å². The number of rotatable bonds is 6. The van der Waals surface area contributed by atoms with Crippen LogP contribution in [0.1, 0.15) is 28.3 Å². The molecule has 0 saturated heterocycles. The molecule has 2 heterocycles. The molecule has 0 aliphatic carbocycles. The summed E-state index contributed by atoms with van der Waals surface area (Å²) in [6.07, 6.45) is 0. The Labute approximate surface area is 153 Å². The average molecular weight is 358 g/mol. The molecule has 0 bridgehead atoms. The van der Waals surface area contributed by atoms with Crippen molar-refractivity contribution >= 4 is 11.6 Å². The molecule has 3 aromatic rings. The van der Waals surface area contributed by atoms with Crippen molar-refractivity contribution in [1.29, 1.82) is 0 Å². The zero-order valence-electron chi connectivity index (χ0n) is 15.2. The fraction of sp³-hybridized carbons (Fsp3) is 0.368. The van der Waals surface area contributed by atoms with Crippen molar-refractivity contribution in [2.24, 2.45) is 0 Å². The Morgan fingerprint density at radius 2 is 1.32 bits per heavy atom. The number of aryl methyl sites for hydroxylation is 4. The summed E-state index contributed by atoms with van der Waals surface area (Å²) in [6, 6.07) is 12.2. The normalized spacial score (nSPS) is 11.4. The summed E-state index contributed by atoms with van der Waals surface area (Å²) in [4.78, 5) is 2.32. The van der Waals surface area contributed by atoms with Gasteiger partial charge >= 0.3 is 0 Å². The minimum absolute atomic E-state index is 0.709. The van der Waals surface area contributed by atoms with Crippen molar-refractivity contribution in [2.75, 3.05) is 0 Å². The number of aromatic nitrogens is 4. The number of halogens is 1. The van der Waals surface area contributed by atoms with Crippen molar-refractivity contribution in [2.45, 2.75) is 47.6 Å². The zero-order valence-corrected chi connectivity index (χ0v) is 16.0. The Balaban J connectivity index is 1.83. The summed E-state index contributed by atoms with van der Waals surface area (Å²) in [7, 11) is 0. The van der Waals surface area contributed by atoms with Crippen LogP contribution in [0.3, 0.4) is 0 Å². The summed E-state index contributed by atoms with van der Waals surface area (Å²) in [5, 5.41) is 9.96. The molecule has 6 heteroatoms. The smallest absolute Gasteiger partial charge is 0.0949 e. The van der Waals surface area contributed by atoms with Gasteiger partial charge in [0.1, 0.15) is 0 Å². The Bertz CT molecular complexity index is 799. The van der Waals surface area contributed by atoms with E-state index in [1.54, 1.807) is 0 Å². The highest BCUT2D eigenvalue weighted by atomic mass is 35.5. The number of nitrogens with zero attached hydrogens (tertiary/aromatic N) is 5. The number of hydrogen-bond acceptors (Lipinski definition) is 3. The second-order valence-electron chi connectivity index (χ2n) is 6.59. The van der Waals surface area contributed by atoms with E-state index in [9.17, 15) is 0 Å². The second-order valence-corrected chi connectivity index (χ2v) is 7.03.